The van der Waals surface area contributed by atoms with E-state index in [0.29, 0.717) is 34.8 Å². The van der Waals surface area contributed by atoms with Crippen LogP contribution in [0.3, 0.4) is 0 Å². The second-order valence-corrected chi connectivity index (χ2v) is 13.0. The predicted molar refractivity (Wildman–Crippen MR) is 182 cm³/mol. The third-order valence-corrected chi connectivity index (χ3v) is 9.76. The number of methoxy groups -OCH3 is 1. The van der Waals surface area contributed by atoms with E-state index >= 15 is 0 Å². The van der Waals surface area contributed by atoms with Gasteiger partial charge in [-0.25, -0.2) is 9.78 Å². The predicted octanol–water partition coefficient (Wildman–Crippen LogP) is 5.19. The summed E-state index contributed by atoms with van der Waals surface area (Å²) in [4.78, 5) is 53.9. The highest BCUT2D eigenvalue weighted by atomic mass is 19.4. The Labute approximate surface area is 288 Å². The number of hydrogen-bond acceptors (Lipinski definition) is 8. The Kier molecular flexibility index (Phi) is 8.77. The summed E-state index contributed by atoms with van der Waals surface area (Å²) in [5.74, 6) is -0.942. The molecule has 1 aliphatic carbocycles. The van der Waals surface area contributed by atoms with E-state index in [1.807, 2.05) is 29.1 Å². The summed E-state index contributed by atoms with van der Waals surface area (Å²) in [7, 11) is 3.11. The number of imide groups is 1. The fraction of sp³-hybridized carbons (Fsp3) is 0.371. The van der Waals surface area contributed by atoms with Gasteiger partial charge in [-0.1, -0.05) is 12.1 Å². The first-order chi connectivity index (χ1) is 24.4. The second kappa shape index (κ2) is 13.2. The van der Waals surface area contributed by atoms with E-state index in [1.54, 1.807) is 19.2 Å². The Morgan fingerprint density at radius 2 is 1.78 bits per heavy atom. The molecular formula is C35H35F3N8O5. The van der Waals surface area contributed by atoms with Crippen molar-refractivity contribution in [1.29, 1.82) is 0 Å². The number of ether oxygens (including phenoxy) is 1. The number of alkyl halides is 3. The van der Waals surface area contributed by atoms with Gasteiger partial charge in [-0.3, -0.25) is 33.5 Å². The molecule has 266 valence electrons. The van der Waals surface area contributed by atoms with Crippen LogP contribution in [0.25, 0.3) is 21.9 Å². The van der Waals surface area contributed by atoms with Crippen molar-refractivity contribution in [2.75, 3.05) is 24.3 Å². The van der Waals surface area contributed by atoms with E-state index in [-0.39, 0.29) is 41.9 Å². The van der Waals surface area contributed by atoms with Crippen LogP contribution in [0.15, 0.2) is 59.5 Å². The number of rotatable bonds is 8. The monoisotopic (exact) mass is 704 g/mol. The number of hydrogen-bond donors (Lipinski definition) is 3. The maximum Gasteiger partial charge on any atom is 0.433 e. The normalized spacial score (nSPS) is 19.7. The number of pyridine rings is 1. The van der Waals surface area contributed by atoms with Crippen LogP contribution in [0.5, 0.6) is 5.75 Å². The molecule has 3 N–H and O–H groups in total. The van der Waals surface area contributed by atoms with Gasteiger partial charge in [-0.05, 0) is 68.4 Å². The number of para-hydroxylation sites is 1. The number of nitrogens with zero attached hydrogens (tertiary/aromatic N) is 5. The summed E-state index contributed by atoms with van der Waals surface area (Å²) >= 11 is 0. The summed E-state index contributed by atoms with van der Waals surface area (Å²) in [6.07, 6.45) is 1.25. The summed E-state index contributed by atoms with van der Waals surface area (Å²) in [5, 5.41) is 14.0. The number of aryl methyl sites for hydroxylation is 1. The third-order valence-electron chi connectivity index (χ3n) is 9.76. The number of anilines is 2. The summed E-state index contributed by atoms with van der Waals surface area (Å²) in [5.41, 5.74) is 1.19. The van der Waals surface area contributed by atoms with E-state index in [2.05, 4.69) is 20.9 Å². The van der Waals surface area contributed by atoms with E-state index in [9.17, 15) is 32.3 Å². The van der Waals surface area contributed by atoms with Crippen LogP contribution in [0.2, 0.25) is 0 Å². The zero-order valence-corrected chi connectivity index (χ0v) is 27.8. The SMILES string of the molecule is COc1cc2nn([C@H]3CC[C@H](CNc4cccc5c4n(C)c(=O)n5C4CCC(=O)NC4=O)CC3)cc2cc1NC(=O)c1cccc(C(F)(F)F)n1. The molecule has 4 heterocycles. The number of piperidine rings is 1. The lowest BCUT2D eigenvalue weighted by atomic mass is 9.86. The van der Waals surface area contributed by atoms with Crippen molar-refractivity contribution in [3.05, 3.63) is 76.6 Å². The standard InChI is InChI=1S/C35H35F3N8O5/c1-44-31-22(5-3-7-26(31)46(34(44)50)27-13-14-30(47)42-33(27)49)39-17-19-9-11-21(12-10-19)45-18-20-15-25(28(51-2)16-24(20)43-45)41-32(48)23-6-4-8-29(40-23)35(36,37)38/h3-8,15-16,18-19,21,27,39H,9-14,17H2,1-2H3,(H,41,48)(H,42,47,49)/t19-,21-,27?. The van der Waals surface area contributed by atoms with Gasteiger partial charge in [0.25, 0.3) is 5.91 Å². The van der Waals surface area contributed by atoms with Crippen LogP contribution in [-0.4, -0.2) is 55.3 Å². The zero-order valence-electron chi connectivity index (χ0n) is 27.8. The van der Waals surface area contributed by atoms with Crippen molar-refractivity contribution in [2.45, 2.75) is 56.8 Å². The number of carbonyl (C=O) groups is 3. The van der Waals surface area contributed by atoms with Crippen molar-refractivity contribution >= 4 is 51.0 Å². The molecule has 1 saturated carbocycles. The minimum absolute atomic E-state index is 0.138. The lowest BCUT2D eigenvalue weighted by Crippen LogP contribution is -2.44. The van der Waals surface area contributed by atoms with Gasteiger partial charge in [0.05, 0.1) is 41.1 Å². The highest BCUT2D eigenvalue weighted by Crippen LogP contribution is 2.36. The minimum atomic E-state index is -4.68. The molecule has 2 fully saturated rings. The number of benzene rings is 2. The van der Waals surface area contributed by atoms with Crippen LogP contribution in [-0.2, 0) is 22.8 Å². The number of nitrogens with one attached hydrogen (secondary N) is 3. The molecule has 1 atom stereocenters. The molecular weight excluding hydrogens is 669 g/mol. The van der Waals surface area contributed by atoms with Crippen molar-refractivity contribution in [2.24, 2.45) is 13.0 Å². The molecule has 2 aromatic carbocycles. The number of amides is 3. The molecule has 0 bridgehead atoms. The van der Waals surface area contributed by atoms with Crippen LogP contribution in [0.4, 0.5) is 24.5 Å². The average molecular weight is 705 g/mol. The molecule has 0 spiro atoms. The van der Waals surface area contributed by atoms with Crippen LogP contribution in [0.1, 0.15) is 66.8 Å². The van der Waals surface area contributed by atoms with Gasteiger partial charge in [0.15, 0.2) is 0 Å². The number of halogens is 3. The van der Waals surface area contributed by atoms with Crippen molar-refractivity contribution in [1.82, 2.24) is 29.2 Å². The van der Waals surface area contributed by atoms with E-state index in [4.69, 9.17) is 9.84 Å². The lowest BCUT2D eigenvalue weighted by Gasteiger charge is -2.29. The molecule has 7 rings (SSSR count). The Morgan fingerprint density at radius 3 is 2.51 bits per heavy atom. The highest BCUT2D eigenvalue weighted by Gasteiger charge is 2.34. The molecule has 3 amide bonds. The fourth-order valence-corrected chi connectivity index (χ4v) is 7.11. The molecule has 5 aromatic rings. The topological polar surface area (TPSA) is 154 Å². The summed E-state index contributed by atoms with van der Waals surface area (Å²) < 4.78 is 49.8. The molecule has 1 aliphatic heterocycles. The van der Waals surface area contributed by atoms with Crippen LogP contribution < -0.4 is 26.4 Å². The van der Waals surface area contributed by atoms with Crippen molar-refractivity contribution in [3.63, 3.8) is 0 Å². The van der Waals surface area contributed by atoms with E-state index in [0.717, 1.165) is 48.9 Å². The second-order valence-electron chi connectivity index (χ2n) is 13.0. The number of carbonyl (C=O) groups excluding carboxylic acids is 3. The first-order valence-electron chi connectivity index (χ1n) is 16.6. The Bertz CT molecular complexity index is 2230. The van der Waals surface area contributed by atoms with Gasteiger partial charge in [-0.15, -0.1) is 0 Å². The number of imidazole rings is 1. The van der Waals surface area contributed by atoms with E-state index in [1.165, 1.54) is 22.3 Å². The van der Waals surface area contributed by atoms with Gasteiger partial charge in [-0.2, -0.15) is 18.3 Å². The smallest absolute Gasteiger partial charge is 0.433 e. The summed E-state index contributed by atoms with van der Waals surface area (Å²) in [6.45, 7) is 0.686. The Morgan fingerprint density at radius 1 is 1.02 bits per heavy atom. The van der Waals surface area contributed by atoms with Crippen LogP contribution in [0, 0.1) is 5.92 Å². The minimum Gasteiger partial charge on any atom is -0.494 e. The largest absolute Gasteiger partial charge is 0.494 e. The molecule has 1 saturated heterocycles. The maximum atomic E-state index is 13.3. The molecule has 1 unspecified atom stereocenters. The maximum absolute atomic E-state index is 13.3. The highest BCUT2D eigenvalue weighted by molar-refractivity contribution is 6.05. The third kappa shape index (κ3) is 6.53. The molecule has 51 heavy (non-hydrogen) atoms. The Hall–Kier alpha value is -5.67. The quantitative estimate of drug-likeness (QED) is 0.187. The number of fused-ring (bicyclic) bond motifs is 2. The van der Waals surface area contributed by atoms with Gasteiger partial charge in [0.1, 0.15) is 23.2 Å². The Balaban J connectivity index is 1.01. The first kappa shape index (κ1) is 33.8. The first-order valence-corrected chi connectivity index (χ1v) is 16.6. The molecule has 13 nitrogen and oxygen atoms in total. The fourth-order valence-electron chi connectivity index (χ4n) is 7.11. The van der Waals surface area contributed by atoms with E-state index < -0.39 is 29.7 Å². The molecule has 2 aliphatic rings. The van der Waals surface area contributed by atoms with Gasteiger partial charge in [0, 0.05) is 37.7 Å². The van der Waals surface area contributed by atoms with Gasteiger partial charge >= 0.3 is 11.9 Å². The molecule has 0 radical (unpaired) electrons. The average Bonchev–Trinajstić information content (AvgIpc) is 3.64. The lowest BCUT2D eigenvalue weighted by molar-refractivity contribution is -0.141. The van der Waals surface area contributed by atoms with Crippen LogP contribution >= 0.6 is 0 Å². The van der Waals surface area contributed by atoms with Crippen molar-refractivity contribution in [3.8, 4) is 5.75 Å². The molecule has 3 aromatic heterocycles. The van der Waals surface area contributed by atoms with Crippen molar-refractivity contribution < 1.29 is 32.3 Å². The van der Waals surface area contributed by atoms with Gasteiger partial charge < -0.3 is 15.4 Å². The zero-order chi connectivity index (χ0) is 36.0. The number of aromatic nitrogens is 5. The summed E-state index contributed by atoms with van der Waals surface area (Å²) in [6, 6.07) is 11.5. The van der Waals surface area contributed by atoms with Gasteiger partial charge in [0.2, 0.25) is 11.8 Å². The molecule has 16 heteroatoms.